The third-order valence-corrected chi connectivity index (χ3v) is 19.6. The number of ether oxygens (including phenoxy) is 4. The molecule has 17 nitrogen and oxygen atoms in total. The quantitative estimate of drug-likeness (QED) is 0.0222. The van der Waals surface area contributed by atoms with Gasteiger partial charge in [0, 0.05) is 25.7 Å². The van der Waals surface area contributed by atoms with Crippen LogP contribution in [0.15, 0.2) is 0 Å². The van der Waals surface area contributed by atoms with Crippen molar-refractivity contribution in [3.05, 3.63) is 0 Å². The molecule has 94 heavy (non-hydrogen) atoms. The van der Waals surface area contributed by atoms with Crippen LogP contribution in [0.4, 0.5) is 0 Å². The van der Waals surface area contributed by atoms with Crippen LogP contribution in [0.3, 0.4) is 0 Å². The fraction of sp³-hybridized carbons (Fsp3) is 0.947. The van der Waals surface area contributed by atoms with Crippen LogP contribution >= 0.6 is 15.6 Å². The van der Waals surface area contributed by atoms with Gasteiger partial charge in [-0.15, -0.1) is 0 Å². The van der Waals surface area contributed by atoms with E-state index >= 15 is 0 Å². The van der Waals surface area contributed by atoms with Gasteiger partial charge in [-0.2, -0.15) is 0 Å². The molecule has 0 aliphatic heterocycles. The number of rotatable bonds is 72. The SMILES string of the molecule is CCC(C)CCCCCCCCC(=O)OC[C@H](COP(=O)(O)OC[C@H](O)COP(=O)(O)OC[C@@H](COC(=O)CCCCCCCCCCCCCCCCCCC(C)C)OC(=O)CCCCCCCCCCCCCC(C)C)OC(=O)CCCCCCCCCCC(C)C. The summed E-state index contributed by atoms with van der Waals surface area (Å²) in [4.78, 5) is 72.7. The number of esters is 4. The number of phosphoric ester groups is 2. The van der Waals surface area contributed by atoms with Gasteiger partial charge in [-0.25, -0.2) is 9.13 Å². The normalized spacial score (nSPS) is 14.4. The molecule has 0 heterocycles. The van der Waals surface area contributed by atoms with Gasteiger partial charge in [0.15, 0.2) is 12.2 Å². The largest absolute Gasteiger partial charge is 0.472 e. The Morgan fingerprint density at radius 3 is 0.755 bits per heavy atom. The van der Waals surface area contributed by atoms with Crippen LogP contribution in [0.25, 0.3) is 0 Å². The predicted molar refractivity (Wildman–Crippen MR) is 381 cm³/mol. The van der Waals surface area contributed by atoms with Crippen molar-refractivity contribution in [3.63, 3.8) is 0 Å². The van der Waals surface area contributed by atoms with E-state index in [4.69, 9.17) is 37.0 Å². The van der Waals surface area contributed by atoms with Crippen LogP contribution in [-0.2, 0) is 65.4 Å². The van der Waals surface area contributed by atoms with Crippen molar-refractivity contribution in [2.75, 3.05) is 39.6 Å². The molecule has 3 unspecified atom stereocenters. The molecule has 0 spiro atoms. The number of carbonyl (C=O) groups is 4. The van der Waals surface area contributed by atoms with E-state index in [-0.39, 0.29) is 25.7 Å². The second-order valence-electron chi connectivity index (χ2n) is 28.7. The van der Waals surface area contributed by atoms with Crippen molar-refractivity contribution in [1.82, 2.24) is 0 Å². The molecular formula is C75H146O17P2. The van der Waals surface area contributed by atoms with E-state index in [1.165, 1.54) is 173 Å². The smallest absolute Gasteiger partial charge is 0.462 e. The lowest BCUT2D eigenvalue weighted by atomic mass is 10.00. The standard InChI is InChI=1S/C75H146O17P2/c1-9-68(8)54-46-38-33-34-40-48-56-73(78)86-62-71(92-75(80)58-50-42-32-26-25-29-37-45-53-67(6)7)64-90-94(83,84)88-60-69(76)59-87-93(81,82)89-63-70(91-74(79)57-49-41-31-24-20-16-18-22-28-36-44-52-66(4)5)61-85-72(77)55-47-39-30-23-19-15-13-11-10-12-14-17-21-27-35-43-51-65(2)3/h65-71,76H,9-64H2,1-8H3,(H,81,82)(H,83,84)/t68?,69-,70-,71-/m1/s1. The van der Waals surface area contributed by atoms with Crippen molar-refractivity contribution in [1.29, 1.82) is 0 Å². The molecule has 0 bridgehead atoms. The fourth-order valence-electron chi connectivity index (χ4n) is 11.3. The average Bonchev–Trinajstić information content (AvgIpc) is 1.07. The highest BCUT2D eigenvalue weighted by atomic mass is 31.2. The third kappa shape index (κ3) is 67.3. The van der Waals surface area contributed by atoms with Crippen LogP contribution in [0.2, 0.25) is 0 Å². The Hall–Kier alpha value is -1.94. The van der Waals surface area contributed by atoms with Crippen molar-refractivity contribution in [2.45, 2.75) is 395 Å². The first-order valence-electron chi connectivity index (χ1n) is 38.7. The van der Waals surface area contributed by atoms with Crippen LogP contribution in [0.1, 0.15) is 376 Å². The van der Waals surface area contributed by atoms with Crippen molar-refractivity contribution in [2.24, 2.45) is 23.7 Å². The van der Waals surface area contributed by atoms with Gasteiger partial charge >= 0.3 is 39.5 Å². The highest BCUT2D eigenvalue weighted by molar-refractivity contribution is 7.47. The summed E-state index contributed by atoms with van der Waals surface area (Å²) >= 11 is 0. The Morgan fingerprint density at radius 1 is 0.298 bits per heavy atom. The maximum Gasteiger partial charge on any atom is 0.472 e. The lowest BCUT2D eigenvalue weighted by Gasteiger charge is -2.21. The van der Waals surface area contributed by atoms with Gasteiger partial charge in [-0.05, 0) is 49.4 Å². The fourth-order valence-corrected chi connectivity index (χ4v) is 12.9. The Kier molecular flexibility index (Phi) is 63.1. The second-order valence-corrected chi connectivity index (χ2v) is 31.6. The van der Waals surface area contributed by atoms with E-state index in [0.717, 1.165) is 120 Å². The molecule has 3 N–H and O–H groups in total. The number of phosphoric acid groups is 2. The van der Waals surface area contributed by atoms with E-state index in [1.54, 1.807) is 0 Å². The summed E-state index contributed by atoms with van der Waals surface area (Å²) in [6.07, 6.45) is 48.7. The van der Waals surface area contributed by atoms with Crippen molar-refractivity contribution < 1.29 is 80.2 Å². The van der Waals surface area contributed by atoms with Gasteiger partial charge in [-0.3, -0.25) is 37.3 Å². The van der Waals surface area contributed by atoms with E-state index in [0.29, 0.717) is 25.7 Å². The van der Waals surface area contributed by atoms with Crippen LogP contribution < -0.4 is 0 Å². The highest BCUT2D eigenvalue weighted by Gasteiger charge is 2.30. The minimum absolute atomic E-state index is 0.103. The molecule has 0 aliphatic carbocycles. The summed E-state index contributed by atoms with van der Waals surface area (Å²) in [7, 11) is -9.91. The Labute approximate surface area is 575 Å². The zero-order valence-electron chi connectivity index (χ0n) is 61.6. The maximum atomic E-state index is 13.1. The van der Waals surface area contributed by atoms with E-state index in [2.05, 4.69) is 55.4 Å². The summed E-state index contributed by atoms with van der Waals surface area (Å²) in [5, 5.41) is 10.6. The second kappa shape index (κ2) is 64.4. The average molecular weight is 1380 g/mol. The topological polar surface area (TPSA) is 237 Å². The number of aliphatic hydroxyl groups excluding tert-OH is 1. The van der Waals surface area contributed by atoms with Gasteiger partial charge in [0.2, 0.25) is 0 Å². The zero-order chi connectivity index (χ0) is 69.6. The monoisotopic (exact) mass is 1380 g/mol. The number of aliphatic hydroxyl groups is 1. The molecule has 0 radical (unpaired) electrons. The Balaban J connectivity index is 5.22. The molecule has 0 rings (SSSR count). The van der Waals surface area contributed by atoms with Crippen LogP contribution in [0, 0.1) is 23.7 Å². The maximum absolute atomic E-state index is 13.1. The Bertz CT molecular complexity index is 1850. The van der Waals surface area contributed by atoms with Gasteiger partial charge in [0.25, 0.3) is 0 Å². The molecule has 0 aromatic rings. The first kappa shape index (κ1) is 92.1. The lowest BCUT2D eigenvalue weighted by Crippen LogP contribution is -2.30. The molecule has 0 saturated heterocycles. The van der Waals surface area contributed by atoms with Gasteiger partial charge < -0.3 is 33.8 Å². The lowest BCUT2D eigenvalue weighted by molar-refractivity contribution is -0.161. The molecule has 6 atom stereocenters. The summed E-state index contributed by atoms with van der Waals surface area (Å²) in [5.74, 6) is 0.902. The first-order valence-corrected chi connectivity index (χ1v) is 41.7. The molecule has 0 aliphatic rings. The van der Waals surface area contributed by atoms with Gasteiger partial charge in [0.05, 0.1) is 26.4 Å². The summed E-state index contributed by atoms with van der Waals surface area (Å²) in [6, 6.07) is 0. The predicted octanol–water partition coefficient (Wildman–Crippen LogP) is 21.7. The summed E-state index contributed by atoms with van der Waals surface area (Å²) in [5.41, 5.74) is 0. The number of hydrogen-bond acceptors (Lipinski definition) is 15. The number of hydrogen-bond donors (Lipinski definition) is 3. The van der Waals surface area contributed by atoms with Crippen molar-refractivity contribution in [3.8, 4) is 0 Å². The molecular weight excluding hydrogens is 1230 g/mol. The highest BCUT2D eigenvalue weighted by Crippen LogP contribution is 2.45. The van der Waals surface area contributed by atoms with Crippen molar-refractivity contribution >= 4 is 39.5 Å². The molecule has 0 saturated carbocycles. The van der Waals surface area contributed by atoms with E-state index < -0.39 is 97.5 Å². The molecule has 0 amide bonds. The van der Waals surface area contributed by atoms with Crippen LogP contribution in [-0.4, -0.2) is 96.7 Å². The minimum atomic E-state index is -4.96. The van der Waals surface area contributed by atoms with Gasteiger partial charge in [-0.1, -0.05) is 325 Å². The zero-order valence-corrected chi connectivity index (χ0v) is 63.4. The van der Waals surface area contributed by atoms with E-state index in [1.807, 2.05) is 0 Å². The van der Waals surface area contributed by atoms with E-state index in [9.17, 15) is 43.2 Å². The number of carbonyl (C=O) groups excluding carboxylic acids is 4. The van der Waals surface area contributed by atoms with Gasteiger partial charge in [0.1, 0.15) is 19.3 Å². The molecule has 0 fully saturated rings. The minimum Gasteiger partial charge on any atom is -0.462 e. The molecule has 19 heteroatoms. The van der Waals surface area contributed by atoms with Crippen LogP contribution in [0.5, 0.6) is 0 Å². The number of unbranched alkanes of at least 4 members (excludes halogenated alkanes) is 37. The molecule has 0 aromatic heterocycles. The molecule has 0 aromatic carbocycles. The first-order chi connectivity index (χ1) is 45.1. The third-order valence-electron chi connectivity index (χ3n) is 17.7. The molecule has 558 valence electrons. The summed E-state index contributed by atoms with van der Waals surface area (Å²) in [6.45, 7) is 14.1. The Morgan fingerprint density at radius 2 is 0.511 bits per heavy atom. The summed E-state index contributed by atoms with van der Waals surface area (Å²) < 4.78 is 68.4.